The summed E-state index contributed by atoms with van der Waals surface area (Å²) in [6.45, 7) is 3.58. The Morgan fingerprint density at radius 1 is 1.27 bits per heavy atom. The Morgan fingerprint density at radius 2 is 2.23 bits per heavy atom. The van der Waals surface area contributed by atoms with Crippen LogP contribution < -0.4 is 5.32 Å². The molecule has 0 unspecified atom stereocenters. The van der Waals surface area contributed by atoms with Crippen LogP contribution in [0.4, 0.5) is 5.82 Å². The third-order valence-electron chi connectivity index (χ3n) is 3.99. The topological polar surface area (TPSA) is 62.8 Å². The molecule has 1 atom stereocenters. The fourth-order valence-electron chi connectivity index (χ4n) is 2.83. The number of pyridine rings is 2. The van der Waals surface area contributed by atoms with Gasteiger partial charge < -0.3 is 15.0 Å². The predicted molar refractivity (Wildman–Crippen MR) is 86.9 cm³/mol. The molecule has 0 bridgehead atoms. The van der Waals surface area contributed by atoms with Crippen molar-refractivity contribution in [3.05, 3.63) is 42.4 Å². The SMILES string of the molecule is Cc1cc(-c2cc3cnc(N[C@H]4CCOC4)cc3[nH]2)ccn1. The first kappa shape index (κ1) is 13.3. The van der Waals surface area contributed by atoms with E-state index < -0.39 is 0 Å². The van der Waals surface area contributed by atoms with Crippen LogP contribution in [-0.4, -0.2) is 34.2 Å². The van der Waals surface area contributed by atoms with Crippen LogP contribution in [0.2, 0.25) is 0 Å². The molecule has 4 rings (SSSR count). The van der Waals surface area contributed by atoms with Gasteiger partial charge in [-0.1, -0.05) is 0 Å². The maximum Gasteiger partial charge on any atom is 0.128 e. The summed E-state index contributed by atoms with van der Waals surface area (Å²) in [5, 5.41) is 4.53. The number of ether oxygens (including phenoxy) is 1. The Balaban J connectivity index is 1.65. The molecule has 1 aliphatic rings. The number of hydrogen-bond donors (Lipinski definition) is 2. The van der Waals surface area contributed by atoms with Gasteiger partial charge in [-0.05, 0) is 31.5 Å². The Labute approximate surface area is 128 Å². The first-order valence-corrected chi connectivity index (χ1v) is 7.54. The minimum atomic E-state index is 0.363. The van der Waals surface area contributed by atoms with Gasteiger partial charge in [0.05, 0.1) is 18.2 Å². The van der Waals surface area contributed by atoms with Gasteiger partial charge in [0, 0.05) is 47.4 Å². The average Bonchev–Trinajstić information content (AvgIpc) is 3.16. The zero-order chi connectivity index (χ0) is 14.9. The second kappa shape index (κ2) is 5.42. The number of nitrogens with one attached hydrogen (secondary N) is 2. The van der Waals surface area contributed by atoms with Crippen molar-refractivity contribution >= 4 is 16.7 Å². The highest BCUT2D eigenvalue weighted by molar-refractivity contribution is 5.86. The lowest BCUT2D eigenvalue weighted by molar-refractivity contribution is 0.195. The molecule has 0 aromatic carbocycles. The van der Waals surface area contributed by atoms with E-state index >= 15 is 0 Å². The van der Waals surface area contributed by atoms with Crippen molar-refractivity contribution in [3.63, 3.8) is 0 Å². The fourth-order valence-corrected chi connectivity index (χ4v) is 2.83. The van der Waals surface area contributed by atoms with Crippen molar-refractivity contribution in [1.82, 2.24) is 15.0 Å². The van der Waals surface area contributed by atoms with Crippen molar-refractivity contribution in [1.29, 1.82) is 0 Å². The molecule has 1 aliphatic heterocycles. The predicted octanol–water partition coefficient (Wildman–Crippen LogP) is 3.13. The third kappa shape index (κ3) is 2.55. The van der Waals surface area contributed by atoms with Crippen LogP contribution in [0.15, 0.2) is 36.7 Å². The zero-order valence-corrected chi connectivity index (χ0v) is 12.5. The van der Waals surface area contributed by atoms with E-state index in [0.717, 1.165) is 53.3 Å². The molecule has 22 heavy (non-hydrogen) atoms. The standard InChI is InChI=1S/C17H18N4O/c1-11-6-12(2-4-18-11)15-7-13-9-19-17(8-16(13)21-15)20-14-3-5-22-10-14/h2,4,6-9,14,21H,3,5,10H2,1H3,(H,19,20)/t14-/m0/s1. The van der Waals surface area contributed by atoms with Crippen molar-refractivity contribution in [2.75, 3.05) is 18.5 Å². The Kier molecular flexibility index (Phi) is 3.27. The second-order valence-electron chi connectivity index (χ2n) is 5.73. The van der Waals surface area contributed by atoms with E-state index in [4.69, 9.17) is 4.74 Å². The van der Waals surface area contributed by atoms with Crippen molar-refractivity contribution in [2.45, 2.75) is 19.4 Å². The van der Waals surface area contributed by atoms with Crippen molar-refractivity contribution in [2.24, 2.45) is 0 Å². The zero-order valence-electron chi connectivity index (χ0n) is 12.5. The highest BCUT2D eigenvalue weighted by Gasteiger charge is 2.15. The molecular formula is C17H18N4O. The number of aromatic nitrogens is 3. The minimum Gasteiger partial charge on any atom is -0.379 e. The van der Waals surface area contributed by atoms with Crippen LogP contribution in [0.25, 0.3) is 22.2 Å². The number of rotatable bonds is 3. The van der Waals surface area contributed by atoms with Gasteiger partial charge in [0.2, 0.25) is 0 Å². The molecule has 3 aromatic rings. The van der Waals surface area contributed by atoms with Crippen molar-refractivity contribution in [3.8, 4) is 11.3 Å². The molecule has 5 heteroatoms. The smallest absolute Gasteiger partial charge is 0.128 e. The van der Waals surface area contributed by atoms with E-state index in [1.165, 1.54) is 0 Å². The molecule has 0 spiro atoms. The molecule has 0 saturated carbocycles. The molecule has 2 N–H and O–H groups in total. The van der Waals surface area contributed by atoms with Crippen LogP contribution >= 0.6 is 0 Å². The summed E-state index contributed by atoms with van der Waals surface area (Å²) in [6.07, 6.45) is 4.77. The number of hydrogen-bond acceptors (Lipinski definition) is 4. The molecule has 0 radical (unpaired) electrons. The van der Waals surface area contributed by atoms with E-state index in [0.29, 0.717) is 6.04 Å². The van der Waals surface area contributed by atoms with Crippen LogP contribution in [0.5, 0.6) is 0 Å². The molecular weight excluding hydrogens is 276 g/mol. The first-order valence-electron chi connectivity index (χ1n) is 7.54. The summed E-state index contributed by atoms with van der Waals surface area (Å²) in [5.74, 6) is 0.891. The summed E-state index contributed by atoms with van der Waals surface area (Å²) in [4.78, 5) is 12.2. The maximum absolute atomic E-state index is 5.39. The van der Waals surface area contributed by atoms with Gasteiger partial charge in [0.1, 0.15) is 5.82 Å². The van der Waals surface area contributed by atoms with E-state index in [9.17, 15) is 0 Å². The monoisotopic (exact) mass is 294 g/mol. The summed E-state index contributed by atoms with van der Waals surface area (Å²) in [7, 11) is 0. The summed E-state index contributed by atoms with van der Waals surface area (Å²) in [5.41, 5.74) is 4.32. The minimum absolute atomic E-state index is 0.363. The molecule has 0 aliphatic carbocycles. The van der Waals surface area contributed by atoms with Crippen LogP contribution in [0.3, 0.4) is 0 Å². The lowest BCUT2D eigenvalue weighted by Gasteiger charge is -2.10. The lowest BCUT2D eigenvalue weighted by atomic mass is 10.2. The Bertz CT molecular complexity index is 805. The van der Waals surface area contributed by atoms with Gasteiger partial charge in [-0.3, -0.25) is 4.98 Å². The van der Waals surface area contributed by atoms with E-state index in [-0.39, 0.29) is 0 Å². The summed E-state index contributed by atoms with van der Waals surface area (Å²) < 4.78 is 5.39. The molecule has 4 heterocycles. The van der Waals surface area contributed by atoms with Gasteiger partial charge in [0.25, 0.3) is 0 Å². The van der Waals surface area contributed by atoms with Gasteiger partial charge >= 0.3 is 0 Å². The van der Waals surface area contributed by atoms with Crippen LogP contribution in [-0.2, 0) is 4.74 Å². The second-order valence-corrected chi connectivity index (χ2v) is 5.73. The number of fused-ring (bicyclic) bond motifs is 1. The molecule has 3 aromatic heterocycles. The van der Waals surface area contributed by atoms with Crippen LogP contribution in [0, 0.1) is 6.92 Å². The molecule has 0 amide bonds. The van der Waals surface area contributed by atoms with E-state index in [1.807, 2.05) is 25.4 Å². The highest BCUT2D eigenvalue weighted by Crippen LogP contribution is 2.25. The number of anilines is 1. The summed E-state index contributed by atoms with van der Waals surface area (Å²) in [6, 6.07) is 8.64. The molecule has 1 fully saturated rings. The van der Waals surface area contributed by atoms with Gasteiger partial charge in [-0.2, -0.15) is 0 Å². The van der Waals surface area contributed by atoms with E-state index in [1.54, 1.807) is 0 Å². The average molecular weight is 294 g/mol. The highest BCUT2D eigenvalue weighted by atomic mass is 16.5. The third-order valence-corrected chi connectivity index (χ3v) is 3.99. The quantitative estimate of drug-likeness (QED) is 0.779. The number of aryl methyl sites for hydroxylation is 1. The maximum atomic E-state index is 5.39. The van der Waals surface area contributed by atoms with Gasteiger partial charge in [-0.15, -0.1) is 0 Å². The first-order chi connectivity index (χ1) is 10.8. The Hall–Kier alpha value is -2.40. The van der Waals surface area contributed by atoms with Gasteiger partial charge in [0.15, 0.2) is 0 Å². The summed E-state index contributed by atoms with van der Waals surface area (Å²) >= 11 is 0. The fraction of sp³-hybridized carbons (Fsp3) is 0.294. The van der Waals surface area contributed by atoms with Gasteiger partial charge in [-0.25, -0.2) is 4.98 Å². The number of H-pyrrole nitrogens is 1. The van der Waals surface area contributed by atoms with Crippen molar-refractivity contribution < 1.29 is 4.74 Å². The van der Waals surface area contributed by atoms with Crippen LogP contribution in [0.1, 0.15) is 12.1 Å². The number of aromatic amines is 1. The number of nitrogens with zero attached hydrogens (tertiary/aromatic N) is 2. The molecule has 1 saturated heterocycles. The van der Waals surface area contributed by atoms with E-state index in [2.05, 4.69) is 38.5 Å². The lowest BCUT2D eigenvalue weighted by Crippen LogP contribution is -2.19. The Morgan fingerprint density at radius 3 is 3.05 bits per heavy atom. The largest absolute Gasteiger partial charge is 0.379 e. The molecule has 5 nitrogen and oxygen atoms in total. The molecule has 112 valence electrons. The normalized spacial score (nSPS) is 18.0.